The number of amides is 1. The number of thiazole rings is 1. The fourth-order valence-corrected chi connectivity index (χ4v) is 2.55. The first-order valence-electron chi connectivity index (χ1n) is 9.41. The number of aromatic nitrogens is 1. The largest absolute Gasteiger partial charge is 0.300 e. The number of anilines is 1. The summed E-state index contributed by atoms with van der Waals surface area (Å²) in [4.78, 5) is 25.9. The summed E-state index contributed by atoms with van der Waals surface area (Å²) in [6.45, 7) is 11.1. The normalized spacial score (nSPS) is 8.64. The summed E-state index contributed by atoms with van der Waals surface area (Å²) >= 11 is 1.42. The van der Waals surface area contributed by atoms with Crippen molar-refractivity contribution in [3.63, 3.8) is 0 Å². The molecule has 4 nitrogen and oxygen atoms in total. The fourth-order valence-electron chi connectivity index (χ4n) is 1.83. The summed E-state index contributed by atoms with van der Waals surface area (Å²) in [5, 5.41) is 5.37. The van der Waals surface area contributed by atoms with Gasteiger partial charge in [-0.2, -0.15) is 0 Å². The number of benzene rings is 2. The predicted octanol–water partition coefficient (Wildman–Crippen LogP) is 6.71. The van der Waals surface area contributed by atoms with Crippen LogP contribution in [0.15, 0.2) is 66.0 Å². The molecule has 0 fully saturated rings. The van der Waals surface area contributed by atoms with Crippen LogP contribution in [-0.2, 0) is 4.79 Å². The van der Waals surface area contributed by atoms with Crippen LogP contribution in [0.25, 0.3) is 11.3 Å². The summed E-state index contributed by atoms with van der Waals surface area (Å²) in [6, 6.07) is 19.0. The highest BCUT2D eigenvalue weighted by atomic mass is 32.1. The van der Waals surface area contributed by atoms with E-state index in [1.807, 2.05) is 81.6 Å². The predicted molar refractivity (Wildman–Crippen MR) is 121 cm³/mol. The minimum atomic E-state index is -0.139. The van der Waals surface area contributed by atoms with Crippen LogP contribution >= 0.6 is 11.3 Å². The smallest absolute Gasteiger partial charge is 0.257 e. The lowest BCUT2D eigenvalue weighted by atomic mass is 10.2. The van der Waals surface area contributed by atoms with E-state index in [0.717, 1.165) is 11.3 Å². The molecule has 28 heavy (non-hydrogen) atoms. The maximum atomic E-state index is 12.0. The molecule has 1 N–H and O–H groups in total. The molecule has 3 aromatic rings. The maximum Gasteiger partial charge on any atom is 0.257 e. The summed E-state index contributed by atoms with van der Waals surface area (Å²) in [6.07, 6.45) is 0. The first-order chi connectivity index (χ1) is 13.6. The molecule has 0 aliphatic carbocycles. The second kappa shape index (κ2) is 15.3. The van der Waals surface area contributed by atoms with Crippen LogP contribution in [0.2, 0.25) is 0 Å². The van der Waals surface area contributed by atoms with Crippen LogP contribution in [0.4, 0.5) is 5.13 Å². The summed E-state index contributed by atoms with van der Waals surface area (Å²) in [5.74, 6) is 0.0274. The maximum absolute atomic E-state index is 12.0. The molecular weight excluding hydrogens is 368 g/mol. The standard InChI is InChI=1S/C16H12N2OS.C3H6O.2C2H6/c19-15(13-9-5-2-6-10-13)18-16-17-14(11-20-16)12-7-3-1-4-8-12;1-3(2)4;2*1-2/h1-11H,(H,17,18,19);1-2H3;2*1-2H3. The molecule has 0 saturated heterocycles. The molecule has 150 valence electrons. The van der Waals surface area contributed by atoms with Gasteiger partial charge in [-0.25, -0.2) is 4.98 Å². The van der Waals surface area contributed by atoms with E-state index in [1.165, 1.54) is 25.2 Å². The zero-order valence-corrected chi connectivity index (χ0v) is 18.3. The zero-order valence-electron chi connectivity index (χ0n) is 17.5. The number of hydrogen-bond donors (Lipinski definition) is 1. The van der Waals surface area contributed by atoms with Gasteiger partial charge in [0, 0.05) is 16.5 Å². The highest BCUT2D eigenvalue weighted by molar-refractivity contribution is 7.14. The number of carbonyl (C=O) groups excluding carboxylic acids is 2. The molecule has 5 heteroatoms. The molecule has 3 rings (SSSR count). The van der Waals surface area contributed by atoms with Gasteiger partial charge in [0.1, 0.15) is 5.78 Å². The third-order valence-corrected chi connectivity index (χ3v) is 3.59. The molecular formula is C23H30N2O2S. The summed E-state index contributed by atoms with van der Waals surface area (Å²) in [5.41, 5.74) is 2.55. The van der Waals surface area contributed by atoms with E-state index < -0.39 is 0 Å². The Morgan fingerprint density at radius 1 is 0.821 bits per heavy atom. The lowest BCUT2D eigenvalue weighted by molar-refractivity contribution is -0.115. The average molecular weight is 399 g/mol. The number of carbonyl (C=O) groups is 2. The third kappa shape index (κ3) is 9.78. The Morgan fingerprint density at radius 2 is 1.29 bits per heavy atom. The van der Waals surface area contributed by atoms with Gasteiger partial charge in [-0.3, -0.25) is 10.1 Å². The average Bonchev–Trinajstić information content (AvgIpc) is 3.20. The monoisotopic (exact) mass is 398 g/mol. The van der Waals surface area contributed by atoms with Crippen molar-refractivity contribution in [2.24, 2.45) is 0 Å². The Morgan fingerprint density at radius 3 is 1.79 bits per heavy atom. The molecule has 1 aromatic heterocycles. The third-order valence-electron chi connectivity index (χ3n) is 2.83. The molecule has 0 aliphatic rings. The van der Waals surface area contributed by atoms with Gasteiger partial charge in [0.2, 0.25) is 0 Å². The minimum Gasteiger partial charge on any atom is -0.300 e. The second-order valence-electron chi connectivity index (χ2n) is 5.13. The van der Waals surface area contributed by atoms with Gasteiger partial charge in [-0.15, -0.1) is 11.3 Å². The van der Waals surface area contributed by atoms with Gasteiger partial charge in [-0.1, -0.05) is 76.2 Å². The van der Waals surface area contributed by atoms with Gasteiger partial charge in [-0.05, 0) is 26.0 Å². The van der Waals surface area contributed by atoms with Crippen molar-refractivity contribution in [1.82, 2.24) is 4.98 Å². The van der Waals surface area contributed by atoms with Gasteiger partial charge >= 0.3 is 0 Å². The molecule has 1 heterocycles. The van der Waals surface area contributed by atoms with Crippen molar-refractivity contribution in [1.29, 1.82) is 0 Å². The molecule has 0 radical (unpaired) electrons. The fraction of sp³-hybridized carbons (Fsp3) is 0.261. The molecule has 2 aromatic carbocycles. The Balaban J connectivity index is 0.000000797. The highest BCUT2D eigenvalue weighted by Gasteiger charge is 2.09. The van der Waals surface area contributed by atoms with Crippen LogP contribution in [-0.4, -0.2) is 16.7 Å². The lowest BCUT2D eigenvalue weighted by Gasteiger charge is -2.00. The molecule has 0 saturated carbocycles. The van der Waals surface area contributed by atoms with E-state index in [0.29, 0.717) is 10.7 Å². The Kier molecular flexibility index (Phi) is 13.8. The number of nitrogens with one attached hydrogen (secondary N) is 1. The number of hydrogen-bond acceptors (Lipinski definition) is 4. The molecule has 0 aliphatic heterocycles. The van der Waals surface area contributed by atoms with Crippen molar-refractivity contribution in [3.05, 3.63) is 71.6 Å². The van der Waals surface area contributed by atoms with Crippen molar-refractivity contribution in [2.45, 2.75) is 41.5 Å². The molecule has 1 amide bonds. The molecule has 0 unspecified atom stereocenters. The zero-order chi connectivity index (χ0) is 21.4. The molecule has 0 bridgehead atoms. The van der Waals surface area contributed by atoms with E-state index in [2.05, 4.69) is 10.3 Å². The number of Topliss-reactive ketones (excluding diaryl/α,β-unsaturated/α-hetero) is 1. The van der Waals surface area contributed by atoms with Crippen LogP contribution in [0, 0.1) is 0 Å². The SMILES string of the molecule is CC.CC.CC(C)=O.O=C(Nc1nc(-c2ccccc2)cs1)c1ccccc1. The van der Waals surface area contributed by atoms with Crippen molar-refractivity contribution >= 4 is 28.2 Å². The van der Waals surface area contributed by atoms with Crippen molar-refractivity contribution in [3.8, 4) is 11.3 Å². The number of ketones is 1. The Hall–Kier alpha value is -2.79. The Bertz CT molecular complexity index is 796. The first-order valence-corrected chi connectivity index (χ1v) is 10.3. The van der Waals surface area contributed by atoms with Crippen LogP contribution < -0.4 is 5.32 Å². The van der Waals surface area contributed by atoms with Crippen LogP contribution in [0.3, 0.4) is 0 Å². The van der Waals surface area contributed by atoms with E-state index in [4.69, 9.17) is 0 Å². The summed E-state index contributed by atoms with van der Waals surface area (Å²) < 4.78 is 0. The van der Waals surface area contributed by atoms with E-state index in [9.17, 15) is 9.59 Å². The Labute approximate surface area is 172 Å². The van der Waals surface area contributed by atoms with Gasteiger partial charge in [0.25, 0.3) is 5.91 Å². The minimum absolute atomic E-state index is 0.139. The van der Waals surface area contributed by atoms with Gasteiger partial charge in [0.05, 0.1) is 5.69 Å². The molecule has 0 atom stereocenters. The molecule has 0 spiro atoms. The van der Waals surface area contributed by atoms with Crippen molar-refractivity contribution < 1.29 is 9.59 Å². The van der Waals surface area contributed by atoms with E-state index in [1.54, 1.807) is 12.1 Å². The van der Waals surface area contributed by atoms with Crippen molar-refractivity contribution in [2.75, 3.05) is 5.32 Å². The second-order valence-corrected chi connectivity index (χ2v) is 5.99. The van der Waals surface area contributed by atoms with E-state index in [-0.39, 0.29) is 11.7 Å². The topological polar surface area (TPSA) is 59.1 Å². The van der Waals surface area contributed by atoms with Crippen LogP contribution in [0.5, 0.6) is 0 Å². The van der Waals surface area contributed by atoms with Gasteiger partial charge in [0.15, 0.2) is 5.13 Å². The van der Waals surface area contributed by atoms with E-state index >= 15 is 0 Å². The lowest BCUT2D eigenvalue weighted by Crippen LogP contribution is -2.11. The highest BCUT2D eigenvalue weighted by Crippen LogP contribution is 2.24. The van der Waals surface area contributed by atoms with Gasteiger partial charge < -0.3 is 4.79 Å². The summed E-state index contributed by atoms with van der Waals surface area (Å²) in [7, 11) is 0. The van der Waals surface area contributed by atoms with Crippen LogP contribution in [0.1, 0.15) is 51.9 Å². The first kappa shape index (κ1) is 25.2. The number of nitrogens with zero attached hydrogens (tertiary/aromatic N) is 1. The quantitative estimate of drug-likeness (QED) is 0.533. The number of rotatable bonds is 3.